The Bertz CT molecular complexity index is 882. The Morgan fingerprint density at radius 1 is 1.04 bits per heavy atom. The smallest absolute Gasteiger partial charge is 0.230 e. The van der Waals surface area contributed by atoms with Crippen molar-refractivity contribution in [1.82, 2.24) is 9.88 Å². The fourth-order valence-electron chi connectivity index (χ4n) is 3.72. The summed E-state index contributed by atoms with van der Waals surface area (Å²) in [6.07, 6.45) is 6.93. The van der Waals surface area contributed by atoms with Gasteiger partial charge in [-0.25, -0.2) is 0 Å². The van der Waals surface area contributed by atoms with Crippen LogP contribution in [0.25, 0.3) is 10.9 Å². The van der Waals surface area contributed by atoms with Gasteiger partial charge in [-0.1, -0.05) is 61.4 Å². The summed E-state index contributed by atoms with van der Waals surface area (Å²) in [6, 6.07) is 19.3. The first-order valence-electron chi connectivity index (χ1n) is 9.33. The van der Waals surface area contributed by atoms with Crippen LogP contribution in [0.5, 0.6) is 0 Å². The number of thioether (sulfide) groups is 1. The molecule has 1 saturated carbocycles. The number of carbonyl (C=O) groups is 1. The molecule has 0 unspecified atom stereocenters. The molecule has 1 heterocycles. The van der Waals surface area contributed by atoms with Crippen LogP contribution >= 0.6 is 11.8 Å². The van der Waals surface area contributed by atoms with Crippen molar-refractivity contribution in [2.45, 2.75) is 43.2 Å². The number of nitrogens with zero attached hydrogens (tertiary/aromatic N) is 1. The van der Waals surface area contributed by atoms with E-state index in [4.69, 9.17) is 0 Å². The molecule has 0 aliphatic heterocycles. The predicted octanol–water partition coefficient (Wildman–Crippen LogP) is 4.84. The van der Waals surface area contributed by atoms with E-state index >= 15 is 0 Å². The van der Waals surface area contributed by atoms with Crippen LogP contribution in [0.15, 0.2) is 65.7 Å². The average molecular weight is 365 g/mol. The standard InChI is InChI=1S/C22H24N2OS/c25-22(23-18-10-4-5-11-18)16-26-21-15-24(14-17-8-2-1-3-9-17)20-13-7-6-12-19(20)21/h1-3,6-9,12-13,15,18H,4-5,10-11,14,16H2,(H,23,25). The van der Waals surface area contributed by atoms with Crippen molar-refractivity contribution in [2.75, 3.05) is 5.75 Å². The second-order valence-electron chi connectivity index (χ2n) is 6.96. The molecule has 1 fully saturated rings. The van der Waals surface area contributed by atoms with E-state index in [2.05, 4.69) is 64.6 Å². The first-order chi connectivity index (χ1) is 12.8. The topological polar surface area (TPSA) is 34.0 Å². The molecule has 26 heavy (non-hydrogen) atoms. The Labute approximate surface area is 158 Å². The summed E-state index contributed by atoms with van der Waals surface area (Å²) >= 11 is 1.64. The van der Waals surface area contributed by atoms with Gasteiger partial charge in [0.1, 0.15) is 0 Å². The Kier molecular flexibility index (Phi) is 5.30. The Hall–Kier alpha value is -2.20. The molecule has 1 amide bonds. The highest BCUT2D eigenvalue weighted by atomic mass is 32.2. The van der Waals surface area contributed by atoms with Crippen LogP contribution in [0.3, 0.4) is 0 Å². The van der Waals surface area contributed by atoms with E-state index in [1.807, 2.05) is 6.07 Å². The van der Waals surface area contributed by atoms with E-state index in [0.717, 1.165) is 19.4 Å². The minimum absolute atomic E-state index is 0.154. The third-order valence-electron chi connectivity index (χ3n) is 5.03. The molecule has 0 radical (unpaired) electrons. The van der Waals surface area contributed by atoms with Crippen molar-refractivity contribution in [1.29, 1.82) is 0 Å². The fourth-order valence-corrected chi connectivity index (χ4v) is 4.62. The normalized spacial score (nSPS) is 14.8. The molecule has 3 aromatic rings. The summed E-state index contributed by atoms with van der Waals surface area (Å²) in [5.74, 6) is 0.636. The summed E-state index contributed by atoms with van der Waals surface area (Å²) < 4.78 is 2.28. The summed E-state index contributed by atoms with van der Waals surface area (Å²) in [4.78, 5) is 13.4. The Balaban J connectivity index is 1.49. The van der Waals surface area contributed by atoms with Crippen LogP contribution < -0.4 is 5.32 Å². The number of carbonyl (C=O) groups excluding carboxylic acids is 1. The van der Waals surface area contributed by atoms with Gasteiger partial charge >= 0.3 is 0 Å². The van der Waals surface area contributed by atoms with E-state index in [1.54, 1.807) is 11.8 Å². The lowest BCUT2D eigenvalue weighted by Crippen LogP contribution is -2.33. The predicted molar refractivity (Wildman–Crippen MR) is 109 cm³/mol. The monoisotopic (exact) mass is 364 g/mol. The number of nitrogens with one attached hydrogen (secondary N) is 1. The quantitative estimate of drug-likeness (QED) is 0.635. The number of amides is 1. The highest BCUT2D eigenvalue weighted by molar-refractivity contribution is 8.00. The fraction of sp³-hybridized carbons (Fsp3) is 0.318. The second kappa shape index (κ2) is 8.00. The zero-order valence-corrected chi connectivity index (χ0v) is 15.7. The SMILES string of the molecule is O=C(CSc1cn(Cc2ccccc2)c2ccccc12)NC1CCCC1. The van der Waals surface area contributed by atoms with Crippen LogP contribution in [0.4, 0.5) is 0 Å². The molecular weight excluding hydrogens is 340 g/mol. The molecule has 2 aromatic carbocycles. The van der Waals surface area contributed by atoms with Gasteiger partial charge in [-0.05, 0) is 24.5 Å². The summed E-state index contributed by atoms with van der Waals surface area (Å²) in [5.41, 5.74) is 2.50. The van der Waals surface area contributed by atoms with E-state index in [-0.39, 0.29) is 5.91 Å². The zero-order chi connectivity index (χ0) is 17.8. The molecule has 4 heteroatoms. The molecule has 1 N–H and O–H groups in total. The van der Waals surface area contributed by atoms with Gasteiger partial charge in [-0.15, -0.1) is 11.8 Å². The molecule has 0 saturated heterocycles. The molecule has 0 atom stereocenters. The van der Waals surface area contributed by atoms with E-state index in [0.29, 0.717) is 11.8 Å². The van der Waals surface area contributed by atoms with Gasteiger partial charge < -0.3 is 9.88 Å². The molecule has 3 nitrogen and oxygen atoms in total. The van der Waals surface area contributed by atoms with Gasteiger partial charge in [0.05, 0.1) is 5.75 Å². The minimum atomic E-state index is 0.154. The van der Waals surface area contributed by atoms with Crippen LogP contribution in [0, 0.1) is 0 Å². The van der Waals surface area contributed by atoms with Gasteiger partial charge in [0.15, 0.2) is 0 Å². The molecule has 4 rings (SSSR count). The lowest BCUT2D eigenvalue weighted by Gasteiger charge is -2.11. The van der Waals surface area contributed by atoms with Gasteiger partial charge in [-0.3, -0.25) is 4.79 Å². The lowest BCUT2D eigenvalue weighted by atomic mass is 10.2. The lowest BCUT2D eigenvalue weighted by molar-refractivity contribution is -0.119. The van der Waals surface area contributed by atoms with Crippen molar-refractivity contribution in [3.05, 3.63) is 66.4 Å². The molecule has 1 aliphatic rings. The molecule has 0 spiro atoms. The van der Waals surface area contributed by atoms with Crippen LogP contribution in [-0.4, -0.2) is 22.3 Å². The second-order valence-corrected chi connectivity index (χ2v) is 7.98. The molecule has 134 valence electrons. The third-order valence-corrected chi connectivity index (χ3v) is 6.07. The van der Waals surface area contributed by atoms with Crippen LogP contribution in [0.2, 0.25) is 0 Å². The summed E-state index contributed by atoms with van der Waals surface area (Å²) in [6.45, 7) is 0.843. The van der Waals surface area contributed by atoms with Gasteiger partial charge in [0, 0.05) is 34.6 Å². The van der Waals surface area contributed by atoms with Crippen molar-refractivity contribution < 1.29 is 4.79 Å². The number of aromatic nitrogens is 1. The number of rotatable bonds is 6. The summed E-state index contributed by atoms with van der Waals surface area (Å²) in [5, 5.41) is 4.40. The van der Waals surface area contributed by atoms with Crippen molar-refractivity contribution >= 4 is 28.6 Å². The van der Waals surface area contributed by atoms with Gasteiger partial charge in [-0.2, -0.15) is 0 Å². The first kappa shape index (κ1) is 17.2. The number of benzene rings is 2. The van der Waals surface area contributed by atoms with Crippen molar-refractivity contribution in [3.8, 4) is 0 Å². The third kappa shape index (κ3) is 3.96. The largest absolute Gasteiger partial charge is 0.353 e. The number of hydrogen-bond acceptors (Lipinski definition) is 2. The Morgan fingerprint density at radius 3 is 2.58 bits per heavy atom. The number of hydrogen-bond donors (Lipinski definition) is 1. The minimum Gasteiger partial charge on any atom is -0.353 e. The van der Waals surface area contributed by atoms with E-state index in [9.17, 15) is 4.79 Å². The molecular formula is C22H24N2OS. The molecule has 1 aliphatic carbocycles. The maximum Gasteiger partial charge on any atom is 0.230 e. The highest BCUT2D eigenvalue weighted by Gasteiger charge is 2.17. The average Bonchev–Trinajstić information content (AvgIpc) is 3.29. The van der Waals surface area contributed by atoms with Crippen LogP contribution in [-0.2, 0) is 11.3 Å². The van der Waals surface area contributed by atoms with Crippen LogP contribution in [0.1, 0.15) is 31.2 Å². The molecule has 0 bridgehead atoms. The number of fused-ring (bicyclic) bond motifs is 1. The van der Waals surface area contributed by atoms with E-state index < -0.39 is 0 Å². The van der Waals surface area contributed by atoms with Gasteiger partial charge in [0.25, 0.3) is 0 Å². The highest BCUT2D eigenvalue weighted by Crippen LogP contribution is 2.30. The number of para-hydroxylation sites is 1. The van der Waals surface area contributed by atoms with Crippen molar-refractivity contribution in [3.63, 3.8) is 0 Å². The zero-order valence-electron chi connectivity index (χ0n) is 14.9. The molecule has 1 aromatic heterocycles. The first-order valence-corrected chi connectivity index (χ1v) is 10.3. The summed E-state index contributed by atoms with van der Waals surface area (Å²) in [7, 11) is 0. The Morgan fingerprint density at radius 2 is 1.77 bits per heavy atom. The van der Waals surface area contributed by atoms with Gasteiger partial charge in [0.2, 0.25) is 5.91 Å². The van der Waals surface area contributed by atoms with Crippen molar-refractivity contribution in [2.24, 2.45) is 0 Å². The maximum absolute atomic E-state index is 12.3. The maximum atomic E-state index is 12.3. The van der Waals surface area contributed by atoms with E-state index in [1.165, 1.54) is 34.2 Å².